The van der Waals surface area contributed by atoms with Crippen molar-refractivity contribution in [3.05, 3.63) is 18.2 Å². The average molecular weight is 187 g/mol. The van der Waals surface area contributed by atoms with E-state index in [1.54, 1.807) is 12.5 Å². The summed E-state index contributed by atoms with van der Waals surface area (Å²) >= 11 is 4.09. The summed E-state index contributed by atoms with van der Waals surface area (Å²) in [6, 6.07) is 0. The summed E-state index contributed by atoms with van der Waals surface area (Å²) in [6.45, 7) is 0.683. The maximum absolute atomic E-state index is 5.27. The molecule has 1 aromatic rings. The van der Waals surface area contributed by atoms with E-state index in [0.29, 0.717) is 6.54 Å². The number of aromatic nitrogens is 2. The van der Waals surface area contributed by atoms with Crippen molar-refractivity contribution < 1.29 is 0 Å². The van der Waals surface area contributed by atoms with E-state index in [1.807, 2.05) is 0 Å². The minimum atomic E-state index is 0.000000000000000222. The molecule has 0 fully saturated rings. The Morgan fingerprint density at radius 2 is 2.17 bits per heavy atom. The Bertz CT molecular complexity index is 204. The second kappa shape index (κ2) is 6.56. The van der Waals surface area contributed by atoms with Gasteiger partial charge in [-0.15, -0.1) is 0 Å². The summed E-state index contributed by atoms with van der Waals surface area (Å²) in [5.41, 5.74) is 15.6. The summed E-state index contributed by atoms with van der Waals surface area (Å²) in [7, 11) is 0. The number of thiocarbonyl (C=S) groups is 1. The molecule has 0 aliphatic rings. The molecule has 68 valence electrons. The standard InChI is InChI=1S/C5H9N3.CH4N2S/c6-2-1-5-3-7-4-8-5;2-1(3)4/h3-4H,1-2,6H2,(H,7,8);(H4,2,3,4). The molecule has 0 spiro atoms. The number of nitrogens with two attached hydrogens (primary N) is 3. The first-order chi connectivity index (χ1) is 5.66. The summed E-state index contributed by atoms with van der Waals surface area (Å²) in [5, 5.41) is 0.000000000000000222. The molecule has 0 aromatic carbocycles. The van der Waals surface area contributed by atoms with Gasteiger partial charge in [0.05, 0.1) is 6.33 Å². The molecule has 0 aliphatic carbocycles. The molecule has 1 rings (SSSR count). The number of aromatic amines is 1. The molecule has 1 heterocycles. The fourth-order valence-corrected chi connectivity index (χ4v) is 0.577. The van der Waals surface area contributed by atoms with Gasteiger partial charge in [0, 0.05) is 18.3 Å². The first-order valence-corrected chi connectivity index (χ1v) is 3.80. The van der Waals surface area contributed by atoms with Crippen LogP contribution in [-0.2, 0) is 6.42 Å². The van der Waals surface area contributed by atoms with E-state index < -0.39 is 0 Å². The summed E-state index contributed by atoms with van der Waals surface area (Å²) in [6.07, 6.45) is 4.33. The van der Waals surface area contributed by atoms with Crippen molar-refractivity contribution >= 4 is 17.3 Å². The van der Waals surface area contributed by atoms with Crippen LogP contribution in [0.25, 0.3) is 0 Å². The zero-order valence-electron chi connectivity index (χ0n) is 6.66. The Labute approximate surface area is 76.3 Å². The van der Waals surface area contributed by atoms with Crippen LogP contribution in [0.5, 0.6) is 0 Å². The van der Waals surface area contributed by atoms with Crippen molar-refractivity contribution in [2.45, 2.75) is 6.42 Å². The minimum absolute atomic E-state index is 0.000000000000000222. The Morgan fingerprint density at radius 1 is 1.58 bits per heavy atom. The zero-order valence-corrected chi connectivity index (χ0v) is 7.47. The molecule has 0 amide bonds. The van der Waals surface area contributed by atoms with Crippen molar-refractivity contribution in [2.75, 3.05) is 6.54 Å². The van der Waals surface area contributed by atoms with E-state index >= 15 is 0 Å². The Hall–Kier alpha value is -1.14. The number of rotatable bonds is 2. The van der Waals surface area contributed by atoms with Gasteiger partial charge < -0.3 is 22.2 Å². The summed E-state index contributed by atoms with van der Waals surface area (Å²) in [4.78, 5) is 6.78. The molecular formula is C6H13N5S. The number of nitrogens with zero attached hydrogens (tertiary/aromatic N) is 1. The third-order valence-corrected chi connectivity index (χ3v) is 0.969. The van der Waals surface area contributed by atoms with Gasteiger partial charge in [0.25, 0.3) is 0 Å². The molecule has 0 saturated heterocycles. The predicted molar refractivity (Wildman–Crippen MR) is 52.3 cm³/mol. The minimum Gasteiger partial charge on any atom is -0.377 e. The SMILES string of the molecule is NC(N)=S.NCCc1cnc[nH]1. The van der Waals surface area contributed by atoms with Gasteiger partial charge in [-0.2, -0.15) is 0 Å². The van der Waals surface area contributed by atoms with E-state index in [0.717, 1.165) is 12.1 Å². The molecule has 0 unspecified atom stereocenters. The van der Waals surface area contributed by atoms with Crippen LogP contribution in [0.1, 0.15) is 5.69 Å². The highest BCUT2D eigenvalue weighted by molar-refractivity contribution is 7.80. The highest BCUT2D eigenvalue weighted by atomic mass is 32.1. The molecule has 1 aromatic heterocycles. The van der Waals surface area contributed by atoms with Crippen molar-refractivity contribution in [1.29, 1.82) is 0 Å². The molecule has 0 bridgehead atoms. The number of hydrogen-bond acceptors (Lipinski definition) is 3. The monoisotopic (exact) mass is 187 g/mol. The van der Waals surface area contributed by atoms with Gasteiger partial charge >= 0.3 is 0 Å². The first-order valence-electron chi connectivity index (χ1n) is 3.39. The highest BCUT2D eigenvalue weighted by Crippen LogP contribution is 1.88. The molecule has 6 heteroatoms. The lowest BCUT2D eigenvalue weighted by molar-refractivity contribution is 0.935. The van der Waals surface area contributed by atoms with Crippen LogP contribution in [-0.4, -0.2) is 21.6 Å². The lowest BCUT2D eigenvalue weighted by Crippen LogP contribution is -2.18. The average Bonchev–Trinajstić information content (AvgIpc) is 2.39. The van der Waals surface area contributed by atoms with Gasteiger partial charge in [0.1, 0.15) is 0 Å². The van der Waals surface area contributed by atoms with E-state index in [4.69, 9.17) is 5.73 Å². The normalized spacial score (nSPS) is 8.42. The van der Waals surface area contributed by atoms with E-state index in [1.165, 1.54) is 0 Å². The van der Waals surface area contributed by atoms with Crippen molar-refractivity contribution in [1.82, 2.24) is 9.97 Å². The molecule has 12 heavy (non-hydrogen) atoms. The van der Waals surface area contributed by atoms with Gasteiger partial charge in [-0.05, 0) is 18.8 Å². The Balaban J connectivity index is 0.000000261. The fourth-order valence-electron chi connectivity index (χ4n) is 0.577. The van der Waals surface area contributed by atoms with Crippen molar-refractivity contribution in [3.8, 4) is 0 Å². The molecule has 0 aliphatic heterocycles. The van der Waals surface area contributed by atoms with E-state index in [9.17, 15) is 0 Å². The number of H-pyrrole nitrogens is 1. The summed E-state index contributed by atoms with van der Waals surface area (Å²) in [5.74, 6) is 0. The van der Waals surface area contributed by atoms with Gasteiger partial charge in [-0.25, -0.2) is 4.98 Å². The van der Waals surface area contributed by atoms with Crippen LogP contribution in [0.15, 0.2) is 12.5 Å². The third-order valence-electron chi connectivity index (χ3n) is 0.969. The second-order valence-electron chi connectivity index (χ2n) is 2.02. The van der Waals surface area contributed by atoms with Gasteiger partial charge in [-0.3, -0.25) is 0 Å². The lowest BCUT2D eigenvalue weighted by Gasteiger charge is -1.86. The molecular weight excluding hydrogens is 174 g/mol. The topological polar surface area (TPSA) is 107 Å². The number of nitrogens with one attached hydrogen (secondary N) is 1. The van der Waals surface area contributed by atoms with Crippen LogP contribution < -0.4 is 17.2 Å². The fraction of sp³-hybridized carbons (Fsp3) is 0.333. The smallest absolute Gasteiger partial charge is 0.160 e. The maximum atomic E-state index is 5.27. The van der Waals surface area contributed by atoms with Crippen LogP contribution in [0, 0.1) is 0 Å². The van der Waals surface area contributed by atoms with Crippen LogP contribution in [0.3, 0.4) is 0 Å². The molecule has 5 nitrogen and oxygen atoms in total. The number of imidazole rings is 1. The number of hydrogen-bond donors (Lipinski definition) is 4. The quantitative estimate of drug-likeness (QED) is 0.449. The predicted octanol–water partition coefficient (Wildman–Crippen LogP) is -0.900. The molecule has 7 N–H and O–H groups in total. The second-order valence-corrected chi connectivity index (χ2v) is 2.49. The van der Waals surface area contributed by atoms with Crippen molar-refractivity contribution in [2.24, 2.45) is 17.2 Å². The first kappa shape index (κ1) is 10.9. The van der Waals surface area contributed by atoms with Crippen LogP contribution >= 0.6 is 12.2 Å². The van der Waals surface area contributed by atoms with Gasteiger partial charge in [0.2, 0.25) is 0 Å². The van der Waals surface area contributed by atoms with Crippen molar-refractivity contribution in [3.63, 3.8) is 0 Å². The van der Waals surface area contributed by atoms with E-state index in [-0.39, 0.29) is 5.11 Å². The molecule has 0 radical (unpaired) electrons. The highest BCUT2D eigenvalue weighted by Gasteiger charge is 1.87. The Morgan fingerprint density at radius 3 is 2.50 bits per heavy atom. The van der Waals surface area contributed by atoms with Gasteiger partial charge in [0.15, 0.2) is 5.11 Å². The largest absolute Gasteiger partial charge is 0.377 e. The summed E-state index contributed by atoms with van der Waals surface area (Å²) < 4.78 is 0. The maximum Gasteiger partial charge on any atom is 0.160 e. The molecule has 0 saturated carbocycles. The van der Waals surface area contributed by atoms with Crippen LogP contribution in [0.2, 0.25) is 0 Å². The molecule has 0 atom stereocenters. The third kappa shape index (κ3) is 6.97. The van der Waals surface area contributed by atoms with E-state index in [2.05, 4.69) is 33.7 Å². The van der Waals surface area contributed by atoms with Crippen LogP contribution in [0.4, 0.5) is 0 Å². The Kier molecular flexibility index (Phi) is 5.94. The lowest BCUT2D eigenvalue weighted by atomic mass is 10.3. The van der Waals surface area contributed by atoms with Gasteiger partial charge in [-0.1, -0.05) is 0 Å². The zero-order chi connectivity index (χ0) is 9.40.